The Morgan fingerprint density at radius 2 is 1.64 bits per heavy atom. The van der Waals surface area contributed by atoms with E-state index < -0.39 is 0 Å². The molecule has 1 aliphatic carbocycles. The van der Waals surface area contributed by atoms with Crippen molar-refractivity contribution in [3.8, 4) is 0 Å². The Bertz CT molecular complexity index is 138. The molecule has 0 saturated heterocycles. The second-order valence-corrected chi connectivity index (χ2v) is 4.43. The van der Waals surface area contributed by atoms with Gasteiger partial charge in [0.1, 0.15) is 0 Å². The summed E-state index contributed by atoms with van der Waals surface area (Å²) >= 11 is 0. The van der Waals surface area contributed by atoms with Gasteiger partial charge in [-0.25, -0.2) is 0 Å². The summed E-state index contributed by atoms with van der Waals surface area (Å²) in [4.78, 5) is 0. The Balaban J connectivity index is 1.64. The third kappa shape index (κ3) is 7.14. The van der Waals surface area contributed by atoms with Crippen LogP contribution in [0.2, 0.25) is 0 Å². The summed E-state index contributed by atoms with van der Waals surface area (Å²) < 4.78 is 0. The summed E-state index contributed by atoms with van der Waals surface area (Å²) in [6, 6.07) is 0.891. The van der Waals surface area contributed by atoms with Crippen LogP contribution in [0.4, 0.5) is 0 Å². The van der Waals surface area contributed by atoms with Crippen LogP contribution in [-0.4, -0.2) is 12.6 Å². The lowest BCUT2D eigenvalue weighted by molar-refractivity contribution is 0.565. The van der Waals surface area contributed by atoms with E-state index in [1.807, 2.05) is 6.08 Å². The molecule has 1 nitrogen and oxygen atoms in total. The molecule has 0 heterocycles. The number of rotatable bonds is 10. The van der Waals surface area contributed by atoms with Crippen molar-refractivity contribution in [1.82, 2.24) is 5.32 Å². The highest BCUT2D eigenvalue weighted by Crippen LogP contribution is 2.18. The summed E-state index contributed by atoms with van der Waals surface area (Å²) in [7, 11) is 0. The molecule has 14 heavy (non-hydrogen) atoms. The maximum absolute atomic E-state index is 3.73. The van der Waals surface area contributed by atoms with E-state index in [0.717, 1.165) is 6.04 Å². The predicted octanol–water partition coefficient (Wildman–Crippen LogP) is 3.66. The summed E-state index contributed by atoms with van der Waals surface area (Å²) in [5.41, 5.74) is 0. The van der Waals surface area contributed by atoms with E-state index in [4.69, 9.17) is 0 Å². The van der Waals surface area contributed by atoms with Gasteiger partial charge in [-0.1, -0.05) is 31.8 Å². The van der Waals surface area contributed by atoms with Crippen LogP contribution in [0.5, 0.6) is 0 Å². The summed E-state index contributed by atoms with van der Waals surface area (Å²) in [5.74, 6) is 0. The van der Waals surface area contributed by atoms with Crippen molar-refractivity contribution in [2.45, 2.75) is 63.8 Å². The lowest BCUT2D eigenvalue weighted by atomic mass is 10.1. The molecular formula is C13H25N. The highest BCUT2D eigenvalue weighted by molar-refractivity contribution is 4.80. The lowest BCUT2D eigenvalue weighted by Crippen LogP contribution is -2.17. The van der Waals surface area contributed by atoms with Crippen LogP contribution < -0.4 is 5.32 Å². The second-order valence-electron chi connectivity index (χ2n) is 4.43. The molecule has 0 aromatic carbocycles. The summed E-state index contributed by atoms with van der Waals surface area (Å²) in [6.07, 6.45) is 14.4. The second kappa shape index (κ2) is 8.05. The SMILES string of the molecule is C=CCCCCCCCCNC1CC1. The van der Waals surface area contributed by atoms with Gasteiger partial charge < -0.3 is 5.32 Å². The van der Waals surface area contributed by atoms with Gasteiger partial charge in [0.15, 0.2) is 0 Å². The van der Waals surface area contributed by atoms with E-state index in [2.05, 4.69) is 11.9 Å². The van der Waals surface area contributed by atoms with Crippen molar-refractivity contribution in [2.75, 3.05) is 6.54 Å². The molecule has 1 heteroatoms. The molecule has 1 fully saturated rings. The van der Waals surface area contributed by atoms with Crippen LogP contribution in [-0.2, 0) is 0 Å². The standard InChI is InChI=1S/C13H25N/c1-2-3-4-5-6-7-8-9-12-14-13-10-11-13/h2,13-14H,1,3-12H2. The highest BCUT2D eigenvalue weighted by atomic mass is 14.9. The molecule has 82 valence electrons. The molecule has 1 saturated carbocycles. The molecule has 0 unspecified atom stereocenters. The molecule has 0 atom stereocenters. The van der Waals surface area contributed by atoms with Crippen LogP contribution in [0.25, 0.3) is 0 Å². The number of hydrogen-bond donors (Lipinski definition) is 1. The van der Waals surface area contributed by atoms with Gasteiger partial charge in [-0.05, 0) is 38.6 Å². The minimum absolute atomic E-state index is 0.891. The Labute approximate surface area is 89.0 Å². The summed E-state index contributed by atoms with van der Waals surface area (Å²) in [5, 5.41) is 3.55. The smallest absolute Gasteiger partial charge is 0.00682 e. The maximum atomic E-state index is 3.73. The molecule has 0 bridgehead atoms. The molecule has 0 radical (unpaired) electrons. The first-order chi connectivity index (χ1) is 6.93. The zero-order chi connectivity index (χ0) is 10.1. The Kier molecular flexibility index (Phi) is 6.77. The Morgan fingerprint density at radius 3 is 2.29 bits per heavy atom. The molecule has 1 aliphatic rings. The van der Waals surface area contributed by atoms with Crippen molar-refractivity contribution in [3.63, 3.8) is 0 Å². The topological polar surface area (TPSA) is 12.0 Å². The minimum atomic E-state index is 0.891. The fourth-order valence-electron chi connectivity index (χ4n) is 1.71. The van der Waals surface area contributed by atoms with Crippen LogP contribution in [0.1, 0.15) is 57.8 Å². The average molecular weight is 195 g/mol. The maximum Gasteiger partial charge on any atom is 0.00682 e. The molecule has 0 aliphatic heterocycles. The van der Waals surface area contributed by atoms with Crippen LogP contribution in [0.15, 0.2) is 12.7 Å². The van der Waals surface area contributed by atoms with Crippen molar-refractivity contribution in [1.29, 1.82) is 0 Å². The third-order valence-electron chi connectivity index (χ3n) is 2.85. The first-order valence-electron chi connectivity index (χ1n) is 6.28. The van der Waals surface area contributed by atoms with Crippen LogP contribution in [0, 0.1) is 0 Å². The van der Waals surface area contributed by atoms with E-state index >= 15 is 0 Å². The van der Waals surface area contributed by atoms with Gasteiger partial charge in [0.05, 0.1) is 0 Å². The van der Waals surface area contributed by atoms with Gasteiger partial charge in [-0.3, -0.25) is 0 Å². The third-order valence-corrected chi connectivity index (χ3v) is 2.85. The van der Waals surface area contributed by atoms with Crippen LogP contribution >= 0.6 is 0 Å². The molecule has 1 rings (SSSR count). The Morgan fingerprint density at radius 1 is 1.00 bits per heavy atom. The minimum Gasteiger partial charge on any atom is -0.314 e. The van der Waals surface area contributed by atoms with Gasteiger partial charge >= 0.3 is 0 Å². The zero-order valence-electron chi connectivity index (χ0n) is 9.43. The number of unbranched alkanes of at least 4 members (excludes halogenated alkanes) is 6. The summed E-state index contributed by atoms with van der Waals surface area (Å²) in [6.45, 7) is 4.98. The fraction of sp³-hybridized carbons (Fsp3) is 0.846. The number of nitrogens with one attached hydrogen (secondary N) is 1. The van der Waals surface area contributed by atoms with Crippen molar-refractivity contribution in [3.05, 3.63) is 12.7 Å². The molecule has 1 N–H and O–H groups in total. The van der Waals surface area contributed by atoms with Crippen molar-refractivity contribution < 1.29 is 0 Å². The first-order valence-corrected chi connectivity index (χ1v) is 6.28. The quantitative estimate of drug-likeness (QED) is 0.414. The van der Waals surface area contributed by atoms with Crippen molar-refractivity contribution >= 4 is 0 Å². The predicted molar refractivity (Wildman–Crippen MR) is 63.5 cm³/mol. The van der Waals surface area contributed by atoms with E-state index in [1.165, 1.54) is 64.3 Å². The molecule has 0 aromatic heterocycles. The molecule has 0 aromatic rings. The number of allylic oxidation sites excluding steroid dienone is 1. The Hall–Kier alpha value is -0.300. The van der Waals surface area contributed by atoms with E-state index in [9.17, 15) is 0 Å². The van der Waals surface area contributed by atoms with Crippen molar-refractivity contribution in [2.24, 2.45) is 0 Å². The van der Waals surface area contributed by atoms with E-state index in [-0.39, 0.29) is 0 Å². The normalized spacial score (nSPS) is 15.7. The highest BCUT2D eigenvalue weighted by Gasteiger charge is 2.19. The average Bonchev–Trinajstić information content (AvgIpc) is 2.99. The first kappa shape index (κ1) is 11.8. The van der Waals surface area contributed by atoms with Gasteiger partial charge in [-0.15, -0.1) is 6.58 Å². The number of hydrogen-bond acceptors (Lipinski definition) is 1. The monoisotopic (exact) mass is 195 g/mol. The van der Waals surface area contributed by atoms with Gasteiger partial charge in [0.2, 0.25) is 0 Å². The van der Waals surface area contributed by atoms with Gasteiger partial charge in [0, 0.05) is 6.04 Å². The molecule has 0 spiro atoms. The molecule has 0 amide bonds. The van der Waals surface area contributed by atoms with E-state index in [0.29, 0.717) is 0 Å². The van der Waals surface area contributed by atoms with E-state index in [1.54, 1.807) is 0 Å². The fourth-order valence-corrected chi connectivity index (χ4v) is 1.71. The lowest BCUT2D eigenvalue weighted by Gasteiger charge is -2.02. The largest absolute Gasteiger partial charge is 0.314 e. The van der Waals surface area contributed by atoms with Crippen LogP contribution in [0.3, 0.4) is 0 Å². The molecular weight excluding hydrogens is 170 g/mol. The zero-order valence-corrected chi connectivity index (χ0v) is 9.43. The van der Waals surface area contributed by atoms with Gasteiger partial charge in [-0.2, -0.15) is 0 Å². The van der Waals surface area contributed by atoms with Gasteiger partial charge in [0.25, 0.3) is 0 Å².